The third-order valence-corrected chi connectivity index (χ3v) is 15.8. The molecule has 14 heteroatoms. The highest BCUT2D eigenvalue weighted by atomic mass is 32.1. The van der Waals surface area contributed by atoms with E-state index in [1.165, 1.54) is 17.8 Å². The van der Waals surface area contributed by atoms with Crippen LogP contribution in [-0.4, -0.2) is 109 Å². The van der Waals surface area contributed by atoms with Crippen LogP contribution in [0.15, 0.2) is 76.2 Å². The number of allylic oxidation sites excluding steroid dienone is 3. The second-order valence-corrected chi connectivity index (χ2v) is 21.6. The van der Waals surface area contributed by atoms with E-state index in [-0.39, 0.29) is 27.5 Å². The molecule has 2 aromatic heterocycles. The van der Waals surface area contributed by atoms with Crippen LogP contribution in [0.3, 0.4) is 0 Å². The summed E-state index contributed by atoms with van der Waals surface area (Å²) in [4.78, 5) is 16.2. The topological polar surface area (TPSA) is 164 Å². The quantitative estimate of drug-likeness (QED) is 0.0674. The number of dihydropyridines is 1. The van der Waals surface area contributed by atoms with Gasteiger partial charge in [-0.3, -0.25) is 19.9 Å². The van der Waals surface area contributed by atoms with Crippen molar-refractivity contribution in [3.05, 3.63) is 82.5 Å². The van der Waals surface area contributed by atoms with E-state index >= 15 is 0 Å². The summed E-state index contributed by atoms with van der Waals surface area (Å²) in [6.45, 7) is 26.0. The van der Waals surface area contributed by atoms with Crippen molar-refractivity contribution in [2.45, 2.75) is 125 Å². The number of nitrogens with two attached hydrogens (primary N) is 1. The van der Waals surface area contributed by atoms with Crippen molar-refractivity contribution in [2.24, 2.45) is 27.0 Å². The Balaban J connectivity index is 0.962. The molecule has 0 amide bonds. The summed E-state index contributed by atoms with van der Waals surface area (Å²) in [5.74, 6) is 0.395. The van der Waals surface area contributed by atoms with Gasteiger partial charge in [-0.1, -0.05) is 44.2 Å². The molecule has 2 saturated carbocycles. The zero-order valence-electron chi connectivity index (χ0n) is 38.9. The number of fused-ring (bicyclic) bond motifs is 3. The molecule has 2 bridgehead atoms. The van der Waals surface area contributed by atoms with E-state index in [1.54, 1.807) is 0 Å². The predicted molar refractivity (Wildman–Crippen MR) is 255 cm³/mol. The Labute approximate surface area is 378 Å². The SMILES string of the molecule is CCC1(Cn2ncc(C3=CC=C(N4CCC/C(=C(C)/C(N)=N/c5nc6ccccc6s5)C4=N)NC3=C(O)O)c2C)C[C@@]2(C)CC(C)(OCCN3CCN(C(C)C)CC3)C[C@@](C)(C1)C2. The Hall–Kier alpha value is -4.50. The number of nitrogens with zero attached hydrogens (tertiary/aromatic N) is 7. The van der Waals surface area contributed by atoms with Gasteiger partial charge in [0.1, 0.15) is 23.2 Å². The van der Waals surface area contributed by atoms with Crippen LogP contribution in [0.4, 0.5) is 5.13 Å². The molecule has 5 aliphatic rings. The fourth-order valence-corrected chi connectivity index (χ4v) is 13.4. The number of hydrogen-bond acceptors (Lipinski definition) is 11. The molecule has 3 aliphatic heterocycles. The summed E-state index contributed by atoms with van der Waals surface area (Å²) in [6, 6.07) is 8.51. The minimum atomic E-state index is -0.813. The normalized spacial score (nSPS) is 29.5. The molecule has 8 rings (SSSR count). The fraction of sp³-hybridized carbons (Fsp3) is 0.592. The minimum absolute atomic E-state index is 0.0672. The lowest BCUT2D eigenvalue weighted by atomic mass is 9.46. The zero-order chi connectivity index (χ0) is 44.9. The Morgan fingerprint density at radius 1 is 1.02 bits per heavy atom. The first-order valence-corrected chi connectivity index (χ1v) is 23.9. The average molecular weight is 879 g/mol. The largest absolute Gasteiger partial charge is 0.480 e. The molecule has 0 radical (unpaired) electrons. The van der Waals surface area contributed by atoms with Gasteiger partial charge in [-0.15, -0.1) is 0 Å². The summed E-state index contributed by atoms with van der Waals surface area (Å²) in [7, 11) is 0. The first-order valence-electron chi connectivity index (χ1n) is 23.1. The lowest BCUT2D eigenvalue weighted by Gasteiger charge is -2.61. The van der Waals surface area contributed by atoms with Gasteiger partial charge < -0.3 is 30.9 Å². The number of para-hydroxylation sites is 1. The molecule has 63 heavy (non-hydrogen) atoms. The molecule has 3 aromatic rings. The average Bonchev–Trinajstić information content (AvgIpc) is 3.80. The number of piperidine rings is 1. The first kappa shape index (κ1) is 45.1. The van der Waals surface area contributed by atoms with Crippen molar-refractivity contribution < 1.29 is 14.9 Å². The van der Waals surface area contributed by atoms with Crippen molar-refractivity contribution in [3.63, 3.8) is 0 Å². The molecule has 13 nitrogen and oxygen atoms in total. The van der Waals surface area contributed by atoms with Crippen LogP contribution in [0.1, 0.15) is 111 Å². The molecule has 6 N–H and O–H groups in total. The monoisotopic (exact) mass is 879 g/mol. The highest BCUT2D eigenvalue weighted by Crippen LogP contribution is 2.65. The molecule has 0 spiro atoms. The van der Waals surface area contributed by atoms with Crippen molar-refractivity contribution in [1.29, 1.82) is 5.41 Å². The van der Waals surface area contributed by atoms with Gasteiger partial charge in [0.25, 0.3) is 5.95 Å². The molecule has 340 valence electrons. The van der Waals surface area contributed by atoms with E-state index in [9.17, 15) is 15.6 Å². The molecule has 1 aromatic carbocycles. The molecular weight excluding hydrogens is 809 g/mol. The Bertz CT molecular complexity index is 2320. The lowest BCUT2D eigenvalue weighted by molar-refractivity contribution is -0.174. The van der Waals surface area contributed by atoms with Crippen molar-refractivity contribution in [2.75, 3.05) is 45.9 Å². The van der Waals surface area contributed by atoms with Crippen LogP contribution in [0, 0.1) is 28.6 Å². The van der Waals surface area contributed by atoms with Gasteiger partial charge in [0, 0.05) is 74.3 Å². The van der Waals surface area contributed by atoms with Crippen molar-refractivity contribution in [3.8, 4) is 0 Å². The van der Waals surface area contributed by atoms with E-state index in [1.807, 2.05) is 54.4 Å². The fourth-order valence-electron chi connectivity index (χ4n) is 12.5. The third-order valence-electron chi connectivity index (χ3n) is 14.8. The number of hydrogen-bond donors (Lipinski definition) is 5. The number of nitrogens with one attached hydrogen (secondary N) is 2. The summed E-state index contributed by atoms with van der Waals surface area (Å²) >= 11 is 1.48. The van der Waals surface area contributed by atoms with E-state index in [0.29, 0.717) is 47.2 Å². The molecule has 5 heterocycles. The van der Waals surface area contributed by atoms with E-state index in [4.69, 9.17) is 15.6 Å². The maximum absolute atomic E-state index is 10.7. The molecular formula is C49H70N10O3S. The number of benzene rings is 1. The second-order valence-electron chi connectivity index (χ2n) is 20.6. The summed E-state index contributed by atoms with van der Waals surface area (Å²) in [5.41, 5.74) is 11.8. The van der Waals surface area contributed by atoms with Crippen LogP contribution in [0.2, 0.25) is 0 Å². The van der Waals surface area contributed by atoms with Gasteiger partial charge in [-0.25, -0.2) is 9.98 Å². The summed E-state index contributed by atoms with van der Waals surface area (Å²) in [6.07, 6.45) is 13.8. The van der Waals surface area contributed by atoms with Crippen LogP contribution in [0.5, 0.6) is 0 Å². The molecule has 2 saturated heterocycles. The minimum Gasteiger partial charge on any atom is -0.480 e. The van der Waals surface area contributed by atoms with Gasteiger partial charge in [-0.05, 0) is 132 Å². The van der Waals surface area contributed by atoms with Crippen LogP contribution in [-0.2, 0) is 11.3 Å². The molecule has 4 fully saturated rings. The zero-order valence-corrected chi connectivity index (χ0v) is 39.7. The number of rotatable bonds is 12. The molecule has 4 atom stereocenters. The highest BCUT2D eigenvalue weighted by Gasteiger charge is 2.58. The number of piperazine rings is 1. The highest BCUT2D eigenvalue weighted by molar-refractivity contribution is 7.22. The number of aliphatic imine (C=N–C) groups is 1. The van der Waals surface area contributed by atoms with E-state index in [2.05, 4.69) is 78.2 Å². The van der Waals surface area contributed by atoms with Crippen molar-refractivity contribution in [1.82, 2.24) is 34.8 Å². The number of thiazole rings is 1. The van der Waals surface area contributed by atoms with Gasteiger partial charge in [0.05, 0.1) is 28.6 Å². The number of aromatic nitrogens is 3. The maximum Gasteiger partial charge on any atom is 0.299 e. The van der Waals surface area contributed by atoms with Gasteiger partial charge in [0.15, 0.2) is 0 Å². The predicted octanol–water partition coefficient (Wildman–Crippen LogP) is 9.18. The van der Waals surface area contributed by atoms with E-state index in [0.717, 1.165) is 117 Å². The van der Waals surface area contributed by atoms with Gasteiger partial charge >= 0.3 is 0 Å². The first-order chi connectivity index (χ1) is 29.9. The molecule has 2 aliphatic carbocycles. The van der Waals surface area contributed by atoms with Crippen LogP contribution >= 0.6 is 11.3 Å². The Kier molecular flexibility index (Phi) is 12.5. The lowest BCUT2D eigenvalue weighted by Crippen LogP contribution is -2.56. The number of amidine groups is 2. The standard InChI is InChI=1S/C49H70N10O3S/c1-9-49(29-46(6)26-47(7,30-49)28-48(8,27-46)62-24-23-56-19-21-57(22-20-56)32(2)3)31-59-34(5)37(25-52-59)36-16-17-40(54-41(36)44(60)61)58-18-12-13-35(43(58)51)33(4)42(50)55-45-53-38-14-10-11-15-39(38)63-45/h10-11,14-17,25,32,51,54,60-61H,9,12-13,18-24,26-31H2,1-8H3,(H2,50,53,55)/b35-33-,51-43?/t46-,47+,48?,49?. The smallest absolute Gasteiger partial charge is 0.299 e. The summed E-state index contributed by atoms with van der Waals surface area (Å²) < 4.78 is 10.1. The number of ether oxygens (including phenoxy) is 1. The van der Waals surface area contributed by atoms with Crippen LogP contribution in [0.25, 0.3) is 15.8 Å². The number of aliphatic hydroxyl groups excluding tert-OH is 1. The van der Waals surface area contributed by atoms with Crippen molar-refractivity contribution >= 4 is 43.9 Å². The van der Waals surface area contributed by atoms with Crippen LogP contribution < -0.4 is 11.1 Å². The van der Waals surface area contributed by atoms with Gasteiger partial charge in [-0.2, -0.15) is 5.10 Å². The Morgan fingerprint density at radius 3 is 2.40 bits per heavy atom. The number of aliphatic hydroxyl groups is 2. The number of likely N-dealkylation sites (tertiary alicyclic amines) is 1. The summed E-state index contributed by atoms with van der Waals surface area (Å²) in [5, 5.41) is 39.5. The Morgan fingerprint density at radius 2 is 1.73 bits per heavy atom. The second kappa shape index (κ2) is 17.5. The maximum atomic E-state index is 10.7. The third kappa shape index (κ3) is 9.37. The molecule has 2 unspecified atom stereocenters. The van der Waals surface area contributed by atoms with Gasteiger partial charge in [0.2, 0.25) is 5.13 Å². The van der Waals surface area contributed by atoms with E-state index < -0.39 is 5.95 Å².